The van der Waals surface area contributed by atoms with Gasteiger partial charge in [0.1, 0.15) is 0 Å². The lowest BCUT2D eigenvalue weighted by Gasteiger charge is -2.36. The lowest BCUT2D eigenvalue weighted by atomic mass is 9.69. The van der Waals surface area contributed by atoms with Crippen LogP contribution in [0.15, 0.2) is 0 Å². The van der Waals surface area contributed by atoms with Crippen LogP contribution in [0.4, 0.5) is 0 Å². The van der Waals surface area contributed by atoms with Crippen LogP contribution in [0, 0.1) is 17.3 Å². The quantitative estimate of drug-likeness (QED) is 0.834. The maximum atomic E-state index is 12.2. The van der Waals surface area contributed by atoms with E-state index in [0.717, 1.165) is 57.3 Å². The van der Waals surface area contributed by atoms with Gasteiger partial charge < -0.3 is 10.4 Å². The molecule has 2 saturated carbocycles. The molecule has 3 heteroatoms. The summed E-state index contributed by atoms with van der Waals surface area (Å²) in [6.07, 6.45) is 8.18. The van der Waals surface area contributed by atoms with E-state index in [1.165, 1.54) is 0 Å². The van der Waals surface area contributed by atoms with Crippen molar-refractivity contribution in [2.75, 3.05) is 6.54 Å². The first-order valence-corrected chi connectivity index (χ1v) is 8.30. The first-order chi connectivity index (χ1) is 9.30. The van der Waals surface area contributed by atoms with Crippen LogP contribution in [0.3, 0.4) is 0 Å². The Morgan fingerprint density at radius 3 is 2.20 bits per heavy atom. The van der Waals surface area contributed by atoms with Crippen molar-refractivity contribution in [3.8, 4) is 0 Å². The number of carbonyl (C=O) groups excluding carboxylic acids is 1. The van der Waals surface area contributed by atoms with Gasteiger partial charge in [-0.3, -0.25) is 4.79 Å². The van der Waals surface area contributed by atoms with Gasteiger partial charge in [-0.2, -0.15) is 0 Å². The predicted octanol–water partition coefficient (Wildman–Crippen LogP) is 3.26. The van der Waals surface area contributed by atoms with E-state index < -0.39 is 5.60 Å². The summed E-state index contributed by atoms with van der Waals surface area (Å²) >= 11 is 0. The Bertz CT molecular complexity index is 331. The summed E-state index contributed by atoms with van der Waals surface area (Å²) in [5.41, 5.74) is -0.265. The van der Waals surface area contributed by atoms with Gasteiger partial charge in [-0.1, -0.05) is 33.6 Å². The number of hydrogen-bond acceptors (Lipinski definition) is 2. The van der Waals surface area contributed by atoms with Crippen LogP contribution >= 0.6 is 0 Å². The Morgan fingerprint density at radius 1 is 1.15 bits per heavy atom. The van der Waals surface area contributed by atoms with Crippen molar-refractivity contribution in [2.45, 2.75) is 77.7 Å². The predicted molar refractivity (Wildman–Crippen MR) is 81.3 cm³/mol. The summed E-state index contributed by atoms with van der Waals surface area (Å²) in [7, 11) is 0. The van der Waals surface area contributed by atoms with Crippen LogP contribution in [-0.4, -0.2) is 23.2 Å². The molecule has 0 spiro atoms. The standard InChI is InChI=1S/C17H31NO2/c1-16(2,3)14-8-6-13(7-9-14)15(19)18-12-17(20)10-4-5-11-17/h13-14,20H,4-12H2,1-3H3,(H,18,19). The van der Waals surface area contributed by atoms with Gasteiger partial charge >= 0.3 is 0 Å². The minimum absolute atomic E-state index is 0.165. The van der Waals surface area contributed by atoms with Crippen LogP contribution in [0.2, 0.25) is 0 Å². The van der Waals surface area contributed by atoms with E-state index in [4.69, 9.17) is 0 Å². The zero-order valence-corrected chi connectivity index (χ0v) is 13.4. The third-order valence-electron chi connectivity index (χ3n) is 5.45. The molecule has 0 aliphatic heterocycles. The molecule has 3 nitrogen and oxygen atoms in total. The molecule has 0 heterocycles. The fourth-order valence-corrected chi connectivity index (χ4v) is 3.83. The summed E-state index contributed by atoms with van der Waals surface area (Å²) in [6.45, 7) is 7.35. The highest BCUT2D eigenvalue weighted by Gasteiger charge is 2.34. The van der Waals surface area contributed by atoms with E-state index in [2.05, 4.69) is 26.1 Å². The molecule has 2 N–H and O–H groups in total. The smallest absolute Gasteiger partial charge is 0.223 e. The maximum absolute atomic E-state index is 12.2. The molecule has 2 rings (SSSR count). The summed E-state index contributed by atoms with van der Waals surface area (Å²) in [5, 5.41) is 13.3. The lowest BCUT2D eigenvalue weighted by Crippen LogP contribution is -2.44. The fraction of sp³-hybridized carbons (Fsp3) is 0.941. The number of carbonyl (C=O) groups is 1. The Hall–Kier alpha value is -0.570. The van der Waals surface area contributed by atoms with E-state index in [0.29, 0.717) is 12.0 Å². The zero-order valence-electron chi connectivity index (χ0n) is 13.4. The van der Waals surface area contributed by atoms with Crippen LogP contribution in [-0.2, 0) is 4.79 Å². The number of amides is 1. The number of hydrogen-bond donors (Lipinski definition) is 2. The van der Waals surface area contributed by atoms with Gasteiger partial charge in [-0.05, 0) is 49.9 Å². The van der Waals surface area contributed by atoms with Crippen molar-refractivity contribution in [3.05, 3.63) is 0 Å². The van der Waals surface area contributed by atoms with E-state index in [1.54, 1.807) is 0 Å². The Balaban J connectivity index is 1.75. The molecule has 2 fully saturated rings. The molecule has 0 radical (unpaired) electrons. The molecule has 0 saturated heterocycles. The molecule has 1 amide bonds. The highest BCUT2D eigenvalue weighted by Crippen LogP contribution is 2.39. The summed E-state index contributed by atoms with van der Waals surface area (Å²) in [5.74, 6) is 1.07. The average molecular weight is 281 g/mol. The first kappa shape index (κ1) is 15.8. The maximum Gasteiger partial charge on any atom is 0.223 e. The second-order valence-electron chi connectivity index (χ2n) is 8.06. The molecule has 0 aromatic carbocycles. The molecule has 0 aromatic heterocycles. The molecular weight excluding hydrogens is 250 g/mol. The van der Waals surface area contributed by atoms with Crippen LogP contribution in [0.5, 0.6) is 0 Å². The van der Waals surface area contributed by atoms with Gasteiger partial charge in [0.15, 0.2) is 0 Å². The van der Waals surface area contributed by atoms with Gasteiger partial charge in [0, 0.05) is 12.5 Å². The number of rotatable bonds is 3. The van der Waals surface area contributed by atoms with Crippen LogP contribution in [0.1, 0.15) is 72.1 Å². The van der Waals surface area contributed by atoms with Gasteiger partial charge in [-0.15, -0.1) is 0 Å². The van der Waals surface area contributed by atoms with Crippen molar-refractivity contribution in [1.82, 2.24) is 5.32 Å². The van der Waals surface area contributed by atoms with Crippen molar-refractivity contribution in [1.29, 1.82) is 0 Å². The fourth-order valence-electron chi connectivity index (χ4n) is 3.83. The van der Waals surface area contributed by atoms with Gasteiger partial charge in [0.2, 0.25) is 5.91 Å². The molecule has 20 heavy (non-hydrogen) atoms. The number of aliphatic hydroxyl groups is 1. The van der Waals surface area contributed by atoms with Gasteiger partial charge in [0.25, 0.3) is 0 Å². The SMILES string of the molecule is CC(C)(C)C1CCC(C(=O)NCC2(O)CCCC2)CC1. The van der Waals surface area contributed by atoms with Crippen molar-refractivity contribution in [2.24, 2.45) is 17.3 Å². The molecule has 0 unspecified atom stereocenters. The average Bonchev–Trinajstić information content (AvgIpc) is 2.83. The molecule has 0 bridgehead atoms. The number of nitrogens with one attached hydrogen (secondary N) is 1. The van der Waals surface area contributed by atoms with Gasteiger partial charge in [-0.25, -0.2) is 0 Å². The molecule has 2 aliphatic rings. The largest absolute Gasteiger partial charge is 0.388 e. The Kier molecular flexibility index (Phi) is 4.78. The van der Waals surface area contributed by atoms with E-state index >= 15 is 0 Å². The van der Waals surface area contributed by atoms with Crippen molar-refractivity contribution < 1.29 is 9.90 Å². The van der Waals surface area contributed by atoms with Crippen molar-refractivity contribution in [3.63, 3.8) is 0 Å². The third-order valence-corrected chi connectivity index (χ3v) is 5.45. The molecule has 2 aliphatic carbocycles. The highest BCUT2D eigenvalue weighted by atomic mass is 16.3. The summed E-state index contributed by atoms with van der Waals surface area (Å²) < 4.78 is 0. The summed E-state index contributed by atoms with van der Waals surface area (Å²) in [4.78, 5) is 12.2. The van der Waals surface area contributed by atoms with Crippen molar-refractivity contribution >= 4 is 5.91 Å². The minimum Gasteiger partial charge on any atom is -0.388 e. The minimum atomic E-state index is -0.627. The Morgan fingerprint density at radius 2 is 1.70 bits per heavy atom. The molecule has 116 valence electrons. The zero-order chi connectivity index (χ0) is 14.8. The third kappa shape index (κ3) is 3.97. The highest BCUT2D eigenvalue weighted by molar-refractivity contribution is 5.78. The second-order valence-corrected chi connectivity index (χ2v) is 8.06. The molecular formula is C17H31NO2. The molecule has 0 atom stereocenters. The van der Waals surface area contributed by atoms with E-state index in [9.17, 15) is 9.90 Å². The van der Waals surface area contributed by atoms with Crippen LogP contribution in [0.25, 0.3) is 0 Å². The summed E-state index contributed by atoms with van der Waals surface area (Å²) in [6, 6.07) is 0. The topological polar surface area (TPSA) is 49.3 Å². The lowest BCUT2D eigenvalue weighted by molar-refractivity contribution is -0.127. The monoisotopic (exact) mass is 281 g/mol. The van der Waals surface area contributed by atoms with E-state index in [1.807, 2.05) is 0 Å². The van der Waals surface area contributed by atoms with Gasteiger partial charge in [0.05, 0.1) is 5.60 Å². The first-order valence-electron chi connectivity index (χ1n) is 8.30. The molecule has 0 aromatic rings. The van der Waals surface area contributed by atoms with E-state index in [-0.39, 0.29) is 11.8 Å². The van der Waals surface area contributed by atoms with Crippen LogP contribution < -0.4 is 5.32 Å². The Labute approximate surface area is 123 Å². The second kappa shape index (κ2) is 6.05. The normalized spacial score (nSPS) is 30.2.